The number of carbonyl (C=O) groups excluding carboxylic acids is 1. The van der Waals surface area contributed by atoms with Gasteiger partial charge in [0.1, 0.15) is 23.0 Å². The van der Waals surface area contributed by atoms with Gasteiger partial charge in [0, 0.05) is 11.5 Å². The summed E-state index contributed by atoms with van der Waals surface area (Å²) in [5.41, 5.74) is 1.83. The Hall–Kier alpha value is -2.48. The maximum atomic E-state index is 12.7. The molecular weight excluding hydrogens is 442 g/mol. The Morgan fingerprint density at radius 2 is 1.97 bits per heavy atom. The van der Waals surface area contributed by atoms with E-state index in [0.29, 0.717) is 23.3 Å². The lowest BCUT2D eigenvalue weighted by Crippen LogP contribution is -2.42. The average molecular weight is 474 g/mol. The highest BCUT2D eigenvalue weighted by Crippen LogP contribution is 2.43. The van der Waals surface area contributed by atoms with Gasteiger partial charge in [-0.15, -0.1) is 0 Å². The van der Waals surface area contributed by atoms with Crippen molar-refractivity contribution in [2.75, 3.05) is 12.0 Å². The maximum Gasteiger partial charge on any atom is 0.340 e. The number of carbonyl (C=O) groups is 2. The highest BCUT2D eigenvalue weighted by atomic mass is 32.2. The van der Waals surface area contributed by atoms with Crippen molar-refractivity contribution < 1.29 is 23.8 Å². The first kappa shape index (κ1) is 23.7. The van der Waals surface area contributed by atoms with E-state index < -0.39 is 23.5 Å². The number of ether oxygens (including phenoxy) is 1. The number of hydrogen-bond donors (Lipinski definition) is 2. The van der Waals surface area contributed by atoms with Crippen LogP contribution in [0.5, 0.6) is 5.75 Å². The molecule has 1 fully saturated rings. The highest BCUT2D eigenvalue weighted by molar-refractivity contribution is 7.98. The Balaban J connectivity index is 1.58. The number of carboxylic acid groups (broad SMARTS) is 1. The number of carboxylic acids is 1. The number of hydrogen-bond acceptors (Lipinski definition) is 6. The average Bonchev–Trinajstić information content (AvgIpc) is 2.79. The van der Waals surface area contributed by atoms with E-state index in [4.69, 9.17) is 9.15 Å². The molecule has 33 heavy (non-hydrogen) atoms. The summed E-state index contributed by atoms with van der Waals surface area (Å²) < 4.78 is 12.1. The number of nitrogens with one attached hydrogen (secondary N) is 1. The Morgan fingerprint density at radius 1 is 1.21 bits per heavy atom. The topological polar surface area (TPSA) is 106 Å². The molecule has 1 atom stereocenters. The first-order valence-corrected chi connectivity index (χ1v) is 13.0. The van der Waals surface area contributed by atoms with Gasteiger partial charge in [0.2, 0.25) is 5.91 Å². The van der Waals surface area contributed by atoms with Crippen LogP contribution in [0, 0.1) is 6.92 Å². The Labute approximate surface area is 197 Å². The van der Waals surface area contributed by atoms with Gasteiger partial charge in [0.25, 0.3) is 0 Å². The first-order valence-electron chi connectivity index (χ1n) is 11.6. The number of benzene rings is 1. The van der Waals surface area contributed by atoms with Crippen molar-refractivity contribution in [1.29, 1.82) is 0 Å². The summed E-state index contributed by atoms with van der Waals surface area (Å²) in [5.74, 6) is -0.175. The third-order valence-corrected chi connectivity index (χ3v) is 7.63. The number of fused-ring (bicyclic) bond motifs is 2. The molecule has 0 radical (unpaired) electrons. The molecule has 0 saturated heterocycles. The van der Waals surface area contributed by atoms with E-state index in [1.807, 2.05) is 25.3 Å². The molecule has 2 N–H and O–H groups in total. The molecule has 1 aliphatic heterocycles. The van der Waals surface area contributed by atoms with Crippen LogP contribution >= 0.6 is 11.8 Å². The third-order valence-electron chi connectivity index (χ3n) is 6.99. The fourth-order valence-electron chi connectivity index (χ4n) is 5.05. The minimum Gasteiger partial charge on any atom is -0.487 e. The van der Waals surface area contributed by atoms with Crippen molar-refractivity contribution in [3.8, 4) is 5.75 Å². The van der Waals surface area contributed by atoms with Crippen LogP contribution in [-0.2, 0) is 22.4 Å². The van der Waals surface area contributed by atoms with Crippen LogP contribution in [0.25, 0.3) is 11.0 Å². The van der Waals surface area contributed by atoms with Crippen LogP contribution in [0.15, 0.2) is 21.3 Å². The second-order valence-corrected chi connectivity index (χ2v) is 10.2. The van der Waals surface area contributed by atoms with Crippen LogP contribution < -0.4 is 15.7 Å². The van der Waals surface area contributed by atoms with E-state index in [9.17, 15) is 19.5 Å². The molecule has 2 heterocycles. The number of aliphatic carboxylic acids is 1. The van der Waals surface area contributed by atoms with Crippen LogP contribution in [-0.4, -0.2) is 40.6 Å². The molecule has 1 aliphatic carbocycles. The predicted molar refractivity (Wildman–Crippen MR) is 128 cm³/mol. The van der Waals surface area contributed by atoms with Crippen molar-refractivity contribution in [3.63, 3.8) is 0 Å². The van der Waals surface area contributed by atoms with Gasteiger partial charge in [-0.2, -0.15) is 11.8 Å². The molecule has 7 nitrogen and oxygen atoms in total. The molecule has 0 unspecified atom stereocenters. The fraction of sp³-hybridized carbons (Fsp3) is 0.560. The zero-order chi connectivity index (χ0) is 23.6. The van der Waals surface area contributed by atoms with E-state index in [1.54, 1.807) is 0 Å². The molecule has 1 saturated carbocycles. The van der Waals surface area contributed by atoms with Gasteiger partial charge in [0.05, 0.1) is 12.0 Å². The molecule has 4 rings (SSSR count). The molecule has 2 aromatic rings. The molecular formula is C25H31NO6S. The number of thioether (sulfide) groups is 1. The summed E-state index contributed by atoms with van der Waals surface area (Å²) in [6.07, 6.45) is 9.63. The lowest BCUT2D eigenvalue weighted by molar-refractivity contribution is -0.141. The molecule has 1 aromatic carbocycles. The first-order chi connectivity index (χ1) is 15.8. The Bertz CT molecular complexity index is 1120. The molecule has 0 bridgehead atoms. The van der Waals surface area contributed by atoms with E-state index in [1.165, 1.54) is 31.0 Å². The minimum atomic E-state index is -1.08. The van der Waals surface area contributed by atoms with Crippen molar-refractivity contribution in [2.45, 2.75) is 76.4 Å². The Morgan fingerprint density at radius 3 is 2.67 bits per heavy atom. The second-order valence-electron chi connectivity index (χ2n) is 9.21. The van der Waals surface area contributed by atoms with E-state index in [2.05, 4.69) is 5.32 Å². The van der Waals surface area contributed by atoms with Gasteiger partial charge in [0.15, 0.2) is 0 Å². The van der Waals surface area contributed by atoms with Gasteiger partial charge < -0.3 is 19.6 Å². The SMILES string of the molecule is CSCC[C@H](NC(=O)Cc1c(C)c2cc3c(cc2oc1=O)OC1(CCCCC1)CC3)C(=O)O. The molecule has 2 aliphatic rings. The lowest BCUT2D eigenvalue weighted by atomic mass is 9.79. The monoisotopic (exact) mass is 473 g/mol. The van der Waals surface area contributed by atoms with Crippen molar-refractivity contribution in [1.82, 2.24) is 5.32 Å². The molecule has 1 amide bonds. The normalized spacial score (nSPS) is 17.9. The smallest absolute Gasteiger partial charge is 0.340 e. The number of aryl methyl sites for hydroxylation is 2. The third kappa shape index (κ3) is 5.05. The highest BCUT2D eigenvalue weighted by Gasteiger charge is 2.37. The summed E-state index contributed by atoms with van der Waals surface area (Å²) >= 11 is 1.51. The van der Waals surface area contributed by atoms with Gasteiger partial charge >= 0.3 is 11.6 Å². The maximum absolute atomic E-state index is 12.7. The van der Waals surface area contributed by atoms with E-state index in [0.717, 1.165) is 42.4 Å². The van der Waals surface area contributed by atoms with Crippen molar-refractivity contribution >= 4 is 34.6 Å². The van der Waals surface area contributed by atoms with Gasteiger partial charge in [-0.25, -0.2) is 9.59 Å². The van der Waals surface area contributed by atoms with Gasteiger partial charge in [-0.1, -0.05) is 6.42 Å². The zero-order valence-corrected chi connectivity index (χ0v) is 20.0. The minimum absolute atomic E-state index is 0.0940. The lowest BCUT2D eigenvalue weighted by Gasteiger charge is -2.41. The van der Waals surface area contributed by atoms with Gasteiger partial charge in [-0.3, -0.25) is 4.79 Å². The molecule has 8 heteroatoms. The zero-order valence-electron chi connectivity index (χ0n) is 19.2. The molecule has 178 valence electrons. The largest absolute Gasteiger partial charge is 0.487 e. The summed E-state index contributed by atoms with van der Waals surface area (Å²) in [5, 5.41) is 12.7. The predicted octanol–water partition coefficient (Wildman–Crippen LogP) is 3.99. The number of rotatable bonds is 7. The van der Waals surface area contributed by atoms with Crippen LogP contribution in [0.1, 0.15) is 61.6 Å². The van der Waals surface area contributed by atoms with Crippen LogP contribution in [0.3, 0.4) is 0 Å². The second kappa shape index (κ2) is 9.79. The van der Waals surface area contributed by atoms with E-state index >= 15 is 0 Å². The van der Waals surface area contributed by atoms with Crippen LogP contribution in [0.2, 0.25) is 0 Å². The molecule has 1 spiro atoms. The van der Waals surface area contributed by atoms with Crippen molar-refractivity contribution in [2.24, 2.45) is 0 Å². The summed E-state index contributed by atoms with van der Waals surface area (Å²) in [6.45, 7) is 1.81. The Kier molecular flexibility index (Phi) is 7.02. The van der Waals surface area contributed by atoms with Crippen molar-refractivity contribution in [3.05, 3.63) is 39.2 Å². The summed E-state index contributed by atoms with van der Waals surface area (Å²) in [4.78, 5) is 36.7. The van der Waals surface area contributed by atoms with Gasteiger partial charge in [-0.05, 0) is 81.1 Å². The van der Waals surface area contributed by atoms with Crippen LogP contribution in [0.4, 0.5) is 0 Å². The summed E-state index contributed by atoms with van der Waals surface area (Å²) in [6, 6.07) is 2.86. The fourth-order valence-corrected chi connectivity index (χ4v) is 5.52. The molecule has 1 aromatic heterocycles. The standard InChI is InChI=1S/C25H31NO6S/c1-15-17-12-16-6-10-25(8-4-3-5-9-25)32-20(16)14-21(17)31-24(30)18(15)13-22(27)26-19(23(28)29)7-11-33-2/h12,14,19H,3-11,13H2,1-2H3,(H,26,27)(H,28,29)/t19-/m0/s1. The number of amides is 1. The summed E-state index contributed by atoms with van der Waals surface area (Å²) in [7, 11) is 0. The van der Waals surface area contributed by atoms with E-state index in [-0.39, 0.29) is 17.6 Å². The quantitative estimate of drug-likeness (QED) is 0.586.